The van der Waals surface area contributed by atoms with Crippen LogP contribution in [0.3, 0.4) is 0 Å². The Morgan fingerprint density at radius 1 is 1.29 bits per heavy atom. The molecule has 8 heteroatoms. The Morgan fingerprint density at radius 3 is 2.71 bits per heavy atom. The summed E-state index contributed by atoms with van der Waals surface area (Å²) in [5, 5.41) is 15.9. The zero-order chi connectivity index (χ0) is 14.8. The molecule has 0 radical (unpaired) electrons. The minimum Gasteiger partial charge on any atom is -0.335 e. The number of nitrogens with zero attached hydrogens (tertiary/aromatic N) is 4. The average molecular weight is 365 g/mol. The Kier molecular flexibility index (Phi) is 3.98. The van der Waals surface area contributed by atoms with E-state index in [9.17, 15) is 0 Å². The molecule has 0 aliphatic heterocycles. The summed E-state index contributed by atoms with van der Waals surface area (Å²) >= 11 is 4.96. The number of aryl methyl sites for hydroxylation is 1. The fourth-order valence-electron chi connectivity index (χ4n) is 1.81. The molecule has 108 valence electrons. The van der Waals surface area contributed by atoms with E-state index in [0.717, 1.165) is 15.9 Å². The molecule has 2 heterocycles. The number of halogens is 1. The van der Waals surface area contributed by atoms with Crippen molar-refractivity contribution >= 4 is 27.7 Å². The fraction of sp³-hybridized carbons (Fsp3) is 0.154. The van der Waals surface area contributed by atoms with Gasteiger partial charge in [-0.3, -0.25) is 5.10 Å². The summed E-state index contributed by atoms with van der Waals surface area (Å²) in [4.78, 5) is 0. The third-order valence-electron chi connectivity index (χ3n) is 2.88. The van der Waals surface area contributed by atoms with Gasteiger partial charge >= 0.3 is 0 Å². The molecule has 0 saturated carbocycles. The van der Waals surface area contributed by atoms with Gasteiger partial charge in [0.25, 0.3) is 0 Å². The molecule has 3 rings (SSSR count). The van der Waals surface area contributed by atoms with Crippen molar-refractivity contribution in [1.29, 1.82) is 0 Å². The van der Waals surface area contributed by atoms with Crippen LogP contribution in [0.25, 0.3) is 11.5 Å². The number of rotatable bonds is 4. The average Bonchev–Trinajstić information content (AvgIpc) is 3.05. The molecule has 2 aromatic heterocycles. The van der Waals surface area contributed by atoms with Gasteiger partial charge in [-0.05, 0) is 30.7 Å². The minimum absolute atomic E-state index is 0.553. The van der Waals surface area contributed by atoms with Crippen molar-refractivity contribution in [2.75, 3.05) is 5.84 Å². The van der Waals surface area contributed by atoms with Crippen molar-refractivity contribution in [2.24, 2.45) is 0 Å². The van der Waals surface area contributed by atoms with Crippen LogP contribution in [0, 0.1) is 6.92 Å². The van der Waals surface area contributed by atoms with Gasteiger partial charge in [0.2, 0.25) is 11.0 Å². The Bertz CT molecular complexity index is 748. The third kappa shape index (κ3) is 3.11. The van der Waals surface area contributed by atoms with Crippen molar-refractivity contribution in [3.8, 4) is 11.5 Å². The lowest BCUT2D eigenvalue weighted by atomic mass is 10.2. The molecule has 0 atom stereocenters. The van der Waals surface area contributed by atoms with E-state index in [4.69, 9.17) is 5.84 Å². The highest BCUT2D eigenvalue weighted by Crippen LogP contribution is 2.24. The second-order valence-electron chi connectivity index (χ2n) is 4.53. The van der Waals surface area contributed by atoms with Crippen molar-refractivity contribution in [3.63, 3.8) is 0 Å². The van der Waals surface area contributed by atoms with E-state index in [1.54, 1.807) is 0 Å². The number of nitrogen functional groups attached to an aromatic ring is 1. The molecule has 0 aliphatic carbocycles. The number of hydrogen-bond donors (Lipinski definition) is 2. The molecule has 0 amide bonds. The van der Waals surface area contributed by atoms with Gasteiger partial charge in [0.05, 0.1) is 0 Å². The molecule has 0 spiro atoms. The SMILES string of the molecule is Cc1cc(-c2nnc(SCc3ccc(Br)cc3)n2N)n[nH]1. The highest BCUT2D eigenvalue weighted by atomic mass is 79.9. The molecule has 0 aliphatic rings. The van der Waals surface area contributed by atoms with E-state index in [1.165, 1.54) is 22.0 Å². The number of nitrogens with two attached hydrogens (primary N) is 1. The zero-order valence-electron chi connectivity index (χ0n) is 11.2. The highest BCUT2D eigenvalue weighted by molar-refractivity contribution is 9.10. The Hall–Kier alpha value is -1.80. The number of thioether (sulfide) groups is 1. The van der Waals surface area contributed by atoms with E-state index in [2.05, 4.69) is 48.5 Å². The quantitative estimate of drug-likeness (QED) is 0.549. The van der Waals surface area contributed by atoms with Gasteiger partial charge < -0.3 is 5.84 Å². The summed E-state index contributed by atoms with van der Waals surface area (Å²) in [7, 11) is 0. The van der Waals surface area contributed by atoms with Crippen molar-refractivity contribution in [2.45, 2.75) is 17.8 Å². The van der Waals surface area contributed by atoms with Gasteiger partial charge in [0.1, 0.15) is 5.69 Å². The maximum absolute atomic E-state index is 6.04. The van der Waals surface area contributed by atoms with E-state index in [1.807, 2.05) is 25.1 Å². The topological polar surface area (TPSA) is 85.4 Å². The monoisotopic (exact) mass is 364 g/mol. The van der Waals surface area contributed by atoms with Gasteiger partial charge in [-0.2, -0.15) is 5.10 Å². The van der Waals surface area contributed by atoms with E-state index in [0.29, 0.717) is 16.7 Å². The summed E-state index contributed by atoms with van der Waals surface area (Å²) in [5.41, 5.74) is 2.85. The second-order valence-corrected chi connectivity index (χ2v) is 6.39. The van der Waals surface area contributed by atoms with Crippen LogP contribution in [0.1, 0.15) is 11.3 Å². The summed E-state index contributed by atoms with van der Waals surface area (Å²) in [6, 6.07) is 10.0. The van der Waals surface area contributed by atoms with Gasteiger partial charge in [-0.15, -0.1) is 10.2 Å². The lowest BCUT2D eigenvalue weighted by molar-refractivity contribution is 0.847. The van der Waals surface area contributed by atoms with Crippen LogP contribution in [0.2, 0.25) is 0 Å². The normalized spacial score (nSPS) is 11.0. The van der Waals surface area contributed by atoms with Crippen LogP contribution < -0.4 is 5.84 Å². The van der Waals surface area contributed by atoms with Crippen molar-refractivity contribution < 1.29 is 0 Å². The van der Waals surface area contributed by atoms with Gasteiger partial charge in [0, 0.05) is 15.9 Å². The Morgan fingerprint density at radius 2 is 2.05 bits per heavy atom. The molecule has 6 nitrogen and oxygen atoms in total. The molecule has 0 unspecified atom stereocenters. The highest BCUT2D eigenvalue weighted by Gasteiger charge is 2.14. The van der Waals surface area contributed by atoms with Crippen LogP contribution in [-0.2, 0) is 5.75 Å². The summed E-state index contributed by atoms with van der Waals surface area (Å²) < 4.78 is 2.54. The van der Waals surface area contributed by atoms with E-state index in [-0.39, 0.29) is 0 Å². The molecule has 1 aromatic carbocycles. The van der Waals surface area contributed by atoms with Crippen LogP contribution in [-0.4, -0.2) is 25.1 Å². The van der Waals surface area contributed by atoms with Crippen LogP contribution in [0.15, 0.2) is 40.0 Å². The summed E-state index contributed by atoms with van der Waals surface area (Å²) in [6.07, 6.45) is 0. The molecule has 0 fully saturated rings. The van der Waals surface area contributed by atoms with Crippen LogP contribution in [0.5, 0.6) is 0 Å². The number of benzene rings is 1. The molecule has 3 N–H and O–H groups in total. The lowest BCUT2D eigenvalue weighted by Gasteiger charge is -2.02. The van der Waals surface area contributed by atoms with Crippen LogP contribution in [0.4, 0.5) is 0 Å². The number of H-pyrrole nitrogens is 1. The maximum Gasteiger partial charge on any atom is 0.210 e. The number of aromatic nitrogens is 5. The standard InChI is InChI=1S/C13H13BrN6S/c1-8-6-11(17-16-8)12-18-19-13(20(12)15)21-7-9-2-4-10(14)5-3-9/h2-6H,7,15H2,1H3,(H,16,17). The van der Waals surface area contributed by atoms with E-state index < -0.39 is 0 Å². The predicted octanol–water partition coefficient (Wildman–Crippen LogP) is 2.75. The maximum atomic E-state index is 6.04. The first-order chi connectivity index (χ1) is 10.1. The number of nitrogens with one attached hydrogen (secondary N) is 1. The Balaban J connectivity index is 1.75. The minimum atomic E-state index is 0.553. The molecule has 3 aromatic rings. The first-order valence-electron chi connectivity index (χ1n) is 6.23. The van der Waals surface area contributed by atoms with Crippen LogP contribution >= 0.6 is 27.7 Å². The van der Waals surface area contributed by atoms with E-state index >= 15 is 0 Å². The second kappa shape index (κ2) is 5.90. The van der Waals surface area contributed by atoms with Gasteiger partial charge in [-0.25, -0.2) is 4.68 Å². The molecular weight excluding hydrogens is 352 g/mol. The first-order valence-corrected chi connectivity index (χ1v) is 8.01. The molecule has 21 heavy (non-hydrogen) atoms. The first kappa shape index (κ1) is 14.2. The third-order valence-corrected chi connectivity index (χ3v) is 4.42. The van der Waals surface area contributed by atoms with Gasteiger partial charge in [-0.1, -0.05) is 39.8 Å². The Labute approximate surface area is 134 Å². The smallest absolute Gasteiger partial charge is 0.210 e. The molecule has 0 bridgehead atoms. The number of hydrogen-bond acceptors (Lipinski definition) is 5. The van der Waals surface area contributed by atoms with Gasteiger partial charge in [0.15, 0.2) is 0 Å². The fourth-order valence-corrected chi connectivity index (χ4v) is 2.89. The molecule has 0 saturated heterocycles. The summed E-state index contributed by atoms with van der Waals surface area (Å²) in [6.45, 7) is 1.93. The van der Waals surface area contributed by atoms with Crippen molar-refractivity contribution in [1.82, 2.24) is 25.1 Å². The largest absolute Gasteiger partial charge is 0.335 e. The zero-order valence-corrected chi connectivity index (χ0v) is 13.6. The van der Waals surface area contributed by atoms with Crippen molar-refractivity contribution in [3.05, 3.63) is 46.1 Å². The summed E-state index contributed by atoms with van der Waals surface area (Å²) in [5.74, 6) is 7.38. The lowest BCUT2D eigenvalue weighted by Crippen LogP contribution is -2.11. The predicted molar refractivity (Wildman–Crippen MR) is 86.2 cm³/mol. The number of aromatic amines is 1. The molecular formula is C13H13BrN6S.